The third-order valence-corrected chi connectivity index (χ3v) is 6.29. The third-order valence-electron chi connectivity index (χ3n) is 6.29. The molecule has 3 heterocycles. The molecule has 0 N–H and O–H groups in total. The summed E-state index contributed by atoms with van der Waals surface area (Å²) < 4.78 is 11.8. The molecule has 0 spiro atoms. The highest BCUT2D eigenvalue weighted by atomic mass is 16.4. The summed E-state index contributed by atoms with van der Waals surface area (Å²) in [5.41, 5.74) is 0.490. The van der Waals surface area contributed by atoms with Crippen molar-refractivity contribution in [2.24, 2.45) is 5.92 Å². The zero-order valence-corrected chi connectivity index (χ0v) is 15.3. The number of carbonyl (C=O) groups excluding carboxylic acids is 1. The highest BCUT2D eigenvalue weighted by molar-refractivity contribution is 5.92. The lowest BCUT2D eigenvalue weighted by Gasteiger charge is -2.24. The highest BCUT2D eigenvalue weighted by Gasteiger charge is 2.55. The van der Waals surface area contributed by atoms with E-state index in [9.17, 15) is 4.79 Å². The smallest absolute Gasteiger partial charge is 0.291 e. The molecule has 0 bridgehead atoms. The summed E-state index contributed by atoms with van der Waals surface area (Å²) in [6.07, 6.45) is 6.23. The molecule has 2 aliphatic carbocycles. The van der Waals surface area contributed by atoms with Crippen molar-refractivity contribution in [3.05, 3.63) is 29.1 Å². The highest BCUT2D eigenvalue weighted by Crippen LogP contribution is 2.51. The van der Waals surface area contributed by atoms with E-state index in [0.717, 1.165) is 50.4 Å². The quantitative estimate of drug-likeness (QED) is 0.837. The summed E-state index contributed by atoms with van der Waals surface area (Å²) in [5.74, 6) is 3.28. The van der Waals surface area contributed by atoms with Gasteiger partial charge in [-0.15, -0.1) is 10.2 Å². The summed E-state index contributed by atoms with van der Waals surface area (Å²) in [4.78, 5) is 19.3. The van der Waals surface area contributed by atoms with Gasteiger partial charge in [-0.2, -0.15) is 0 Å². The number of nitrogens with zero attached hydrogens (tertiary/aromatic N) is 4. The lowest BCUT2D eigenvalue weighted by atomic mass is 9.80. The van der Waals surface area contributed by atoms with Crippen LogP contribution in [0.1, 0.15) is 78.9 Å². The number of carbonyl (C=O) groups is 1. The first-order valence-electron chi connectivity index (χ1n) is 9.70. The van der Waals surface area contributed by atoms with Gasteiger partial charge in [-0.05, 0) is 38.5 Å². The molecular formula is C19H24N4O3. The molecule has 2 atom stereocenters. The average molecular weight is 356 g/mol. The fourth-order valence-corrected chi connectivity index (χ4v) is 4.67. The Labute approximate surface area is 152 Å². The number of likely N-dealkylation sites (tertiary alicyclic amines) is 1. The lowest BCUT2D eigenvalue weighted by molar-refractivity contribution is 0.0741. The van der Waals surface area contributed by atoms with Crippen molar-refractivity contribution in [2.75, 3.05) is 13.1 Å². The number of hydrogen-bond acceptors (Lipinski definition) is 6. The van der Waals surface area contributed by atoms with Crippen molar-refractivity contribution in [3.63, 3.8) is 0 Å². The molecule has 26 heavy (non-hydrogen) atoms. The zero-order valence-electron chi connectivity index (χ0n) is 15.3. The molecule has 7 heteroatoms. The van der Waals surface area contributed by atoms with Crippen molar-refractivity contribution in [1.29, 1.82) is 0 Å². The van der Waals surface area contributed by atoms with E-state index in [2.05, 4.69) is 15.2 Å². The monoisotopic (exact) mass is 356 g/mol. The summed E-state index contributed by atoms with van der Waals surface area (Å²) in [6.45, 7) is 5.16. The number of hydrogen-bond donors (Lipinski definition) is 0. The largest absolute Gasteiger partial charge is 0.435 e. The van der Waals surface area contributed by atoms with Gasteiger partial charge in [0.1, 0.15) is 0 Å². The Balaban J connectivity index is 1.43. The van der Waals surface area contributed by atoms with E-state index >= 15 is 0 Å². The van der Waals surface area contributed by atoms with Crippen LogP contribution in [0.25, 0.3) is 0 Å². The van der Waals surface area contributed by atoms with Gasteiger partial charge in [-0.3, -0.25) is 4.79 Å². The molecular weight excluding hydrogens is 332 g/mol. The molecule has 2 aromatic rings. The fourth-order valence-electron chi connectivity index (χ4n) is 4.67. The number of oxazole rings is 1. The van der Waals surface area contributed by atoms with Gasteiger partial charge in [-0.1, -0.05) is 13.3 Å². The molecule has 0 unspecified atom stereocenters. The van der Waals surface area contributed by atoms with E-state index in [0.29, 0.717) is 42.1 Å². The molecule has 138 valence electrons. The Bertz CT molecular complexity index is 853. The lowest BCUT2D eigenvalue weighted by Crippen LogP contribution is -2.35. The Hall–Kier alpha value is -2.18. The van der Waals surface area contributed by atoms with Crippen LogP contribution in [0, 0.1) is 12.8 Å². The zero-order chi connectivity index (χ0) is 17.9. The normalized spacial score (nSPS) is 27.9. The van der Waals surface area contributed by atoms with Crippen molar-refractivity contribution in [3.8, 4) is 0 Å². The first kappa shape index (κ1) is 16.0. The number of aromatic nitrogens is 3. The van der Waals surface area contributed by atoms with Crippen LogP contribution in [0.5, 0.6) is 0 Å². The molecule has 1 saturated heterocycles. The van der Waals surface area contributed by atoms with Crippen LogP contribution in [-0.2, 0) is 11.8 Å². The van der Waals surface area contributed by atoms with E-state index in [4.69, 9.17) is 8.83 Å². The van der Waals surface area contributed by atoms with E-state index in [1.54, 1.807) is 0 Å². The maximum absolute atomic E-state index is 13.1. The van der Waals surface area contributed by atoms with E-state index < -0.39 is 0 Å². The van der Waals surface area contributed by atoms with Crippen LogP contribution in [0.2, 0.25) is 0 Å². The molecule has 1 amide bonds. The van der Waals surface area contributed by atoms with Gasteiger partial charge in [0.2, 0.25) is 17.5 Å². The predicted octanol–water partition coefficient (Wildman–Crippen LogP) is 3.00. The molecule has 5 rings (SSSR count). The van der Waals surface area contributed by atoms with Crippen molar-refractivity contribution >= 4 is 5.91 Å². The molecule has 3 fully saturated rings. The fraction of sp³-hybridized carbons (Fsp3) is 0.684. The predicted molar refractivity (Wildman–Crippen MR) is 91.8 cm³/mol. The number of aryl methyl sites for hydroxylation is 2. The molecule has 2 saturated carbocycles. The molecule has 3 aliphatic rings. The second-order valence-electron chi connectivity index (χ2n) is 8.03. The van der Waals surface area contributed by atoms with E-state index in [1.807, 2.05) is 18.7 Å². The second kappa shape index (κ2) is 5.66. The third kappa shape index (κ3) is 2.32. The van der Waals surface area contributed by atoms with Gasteiger partial charge >= 0.3 is 0 Å². The SMILES string of the molecule is CCc1nc(C)c(C(=O)N2C[C@@H]3CCC[C@]3(c3nnc(C4CC4)o3)C2)o1. The number of amides is 1. The molecule has 0 radical (unpaired) electrons. The van der Waals surface area contributed by atoms with Crippen LogP contribution in [-0.4, -0.2) is 39.1 Å². The summed E-state index contributed by atoms with van der Waals surface area (Å²) in [5, 5.41) is 8.69. The minimum absolute atomic E-state index is 0.0644. The van der Waals surface area contributed by atoms with Crippen molar-refractivity contribution < 1.29 is 13.6 Å². The van der Waals surface area contributed by atoms with Crippen LogP contribution in [0.3, 0.4) is 0 Å². The Morgan fingerprint density at radius 3 is 2.85 bits per heavy atom. The van der Waals surface area contributed by atoms with Gasteiger partial charge in [0, 0.05) is 25.4 Å². The first-order valence-corrected chi connectivity index (χ1v) is 9.70. The van der Waals surface area contributed by atoms with Crippen molar-refractivity contribution in [1.82, 2.24) is 20.1 Å². The standard InChI is InChI=1S/C19H24N4O3/c1-3-14-20-11(2)15(25-14)17(24)23-9-13-5-4-8-19(13,10-23)18-22-21-16(26-18)12-6-7-12/h12-13H,3-10H2,1-2H3/t13-,19-/m0/s1. The van der Waals surface area contributed by atoms with Crippen molar-refractivity contribution in [2.45, 2.75) is 63.7 Å². The molecule has 0 aromatic carbocycles. The van der Waals surface area contributed by atoms with E-state index in [-0.39, 0.29) is 11.3 Å². The van der Waals surface area contributed by atoms with Crippen LogP contribution in [0.4, 0.5) is 0 Å². The second-order valence-corrected chi connectivity index (χ2v) is 8.03. The minimum atomic E-state index is -0.183. The maximum atomic E-state index is 13.1. The summed E-state index contributed by atoms with van der Waals surface area (Å²) in [7, 11) is 0. The van der Waals surface area contributed by atoms with Crippen LogP contribution in [0.15, 0.2) is 8.83 Å². The van der Waals surface area contributed by atoms with Crippen LogP contribution >= 0.6 is 0 Å². The molecule has 2 aromatic heterocycles. The van der Waals surface area contributed by atoms with Gasteiger partial charge in [-0.25, -0.2) is 4.98 Å². The Morgan fingerprint density at radius 1 is 1.27 bits per heavy atom. The summed E-state index contributed by atoms with van der Waals surface area (Å²) in [6, 6.07) is 0. The Kier molecular flexibility index (Phi) is 3.49. The topological polar surface area (TPSA) is 85.3 Å². The van der Waals surface area contributed by atoms with Gasteiger partial charge in [0.05, 0.1) is 11.1 Å². The van der Waals surface area contributed by atoms with Gasteiger partial charge in [0.25, 0.3) is 5.91 Å². The Morgan fingerprint density at radius 2 is 2.12 bits per heavy atom. The first-order chi connectivity index (χ1) is 12.6. The maximum Gasteiger partial charge on any atom is 0.291 e. The minimum Gasteiger partial charge on any atom is -0.435 e. The van der Waals surface area contributed by atoms with Gasteiger partial charge < -0.3 is 13.7 Å². The number of fused-ring (bicyclic) bond motifs is 1. The summed E-state index contributed by atoms with van der Waals surface area (Å²) >= 11 is 0. The van der Waals surface area contributed by atoms with Crippen LogP contribution < -0.4 is 0 Å². The average Bonchev–Trinajstić information content (AvgIpc) is 3.01. The number of rotatable bonds is 4. The molecule has 1 aliphatic heterocycles. The van der Waals surface area contributed by atoms with Gasteiger partial charge in [0.15, 0.2) is 5.89 Å². The molecule has 7 nitrogen and oxygen atoms in total. The van der Waals surface area contributed by atoms with E-state index in [1.165, 1.54) is 0 Å².